The highest BCUT2D eigenvalue weighted by Gasteiger charge is 2.04. The molecular weight excluding hydrogens is 120 g/mol. The summed E-state index contributed by atoms with van der Waals surface area (Å²) in [5.74, 6) is 0.142. The van der Waals surface area contributed by atoms with Crippen molar-refractivity contribution in [3.63, 3.8) is 0 Å². The second kappa shape index (κ2) is 3.96. The van der Waals surface area contributed by atoms with Gasteiger partial charge in [0.25, 0.3) is 0 Å². The van der Waals surface area contributed by atoms with Crippen LogP contribution in [-0.2, 0) is 4.79 Å². The Morgan fingerprint density at radius 1 is 1.75 bits per heavy atom. The fourth-order valence-corrected chi connectivity index (χ4v) is 0.686. The standard InChI is InChI=1S/C6H12OS/c1-3-4-5(2)6(7)8/h5H,3-4H2,1-2H3,(H,7,8)/t5-/m0/s1. The van der Waals surface area contributed by atoms with Crippen LogP contribution in [0.2, 0.25) is 0 Å². The van der Waals surface area contributed by atoms with Crippen LogP contribution in [0, 0.1) is 5.92 Å². The zero-order chi connectivity index (χ0) is 6.57. The summed E-state index contributed by atoms with van der Waals surface area (Å²) in [4.78, 5) is 10.4. The van der Waals surface area contributed by atoms with E-state index in [0.717, 1.165) is 12.8 Å². The third-order valence-corrected chi connectivity index (χ3v) is 1.58. The van der Waals surface area contributed by atoms with Gasteiger partial charge in [0, 0.05) is 5.92 Å². The van der Waals surface area contributed by atoms with Crippen LogP contribution >= 0.6 is 12.6 Å². The van der Waals surface area contributed by atoms with Crippen LogP contribution in [0.5, 0.6) is 0 Å². The van der Waals surface area contributed by atoms with Crippen molar-refractivity contribution < 1.29 is 4.79 Å². The second-order valence-electron chi connectivity index (χ2n) is 2.03. The van der Waals surface area contributed by atoms with Gasteiger partial charge in [0.05, 0.1) is 0 Å². The van der Waals surface area contributed by atoms with Crippen LogP contribution in [0.1, 0.15) is 26.7 Å². The molecule has 2 heteroatoms. The largest absolute Gasteiger partial charge is 0.287 e. The lowest BCUT2D eigenvalue weighted by Gasteiger charge is -2.00. The average Bonchev–Trinajstić information content (AvgIpc) is 1.67. The summed E-state index contributed by atoms with van der Waals surface area (Å²) in [6.07, 6.45) is 2.02. The first kappa shape index (κ1) is 8.02. The smallest absolute Gasteiger partial charge is 0.188 e. The summed E-state index contributed by atoms with van der Waals surface area (Å²) in [5, 5.41) is 0.00634. The zero-order valence-corrected chi connectivity index (χ0v) is 6.24. The molecule has 8 heavy (non-hydrogen) atoms. The van der Waals surface area contributed by atoms with Gasteiger partial charge in [-0.05, 0) is 6.42 Å². The quantitative estimate of drug-likeness (QED) is 0.580. The molecule has 0 aliphatic rings. The molecule has 0 aromatic rings. The highest BCUT2D eigenvalue weighted by molar-refractivity contribution is 7.96. The average molecular weight is 132 g/mol. The van der Waals surface area contributed by atoms with Gasteiger partial charge in [0.15, 0.2) is 5.12 Å². The SMILES string of the molecule is CCC[C@H](C)C(=O)S. The van der Waals surface area contributed by atoms with Crippen molar-refractivity contribution in [2.45, 2.75) is 26.7 Å². The van der Waals surface area contributed by atoms with Gasteiger partial charge < -0.3 is 0 Å². The molecule has 0 unspecified atom stereocenters. The van der Waals surface area contributed by atoms with Crippen LogP contribution in [-0.4, -0.2) is 5.12 Å². The Bertz CT molecular complexity index is 80.6. The number of carbonyl (C=O) groups excluding carboxylic acids is 1. The highest BCUT2D eigenvalue weighted by atomic mass is 32.1. The first-order chi connectivity index (χ1) is 3.68. The Hall–Kier alpha value is 0.0200. The normalized spacial score (nSPS) is 13.4. The van der Waals surface area contributed by atoms with Gasteiger partial charge in [-0.2, -0.15) is 0 Å². The Morgan fingerprint density at radius 2 is 2.25 bits per heavy atom. The lowest BCUT2D eigenvalue weighted by Crippen LogP contribution is -2.01. The van der Waals surface area contributed by atoms with Crippen LogP contribution in [0.3, 0.4) is 0 Å². The molecule has 0 saturated heterocycles. The van der Waals surface area contributed by atoms with Crippen molar-refractivity contribution in [3.8, 4) is 0 Å². The molecule has 0 rings (SSSR count). The Labute approximate surface area is 55.9 Å². The molecule has 0 N–H and O–H groups in total. The molecule has 48 valence electrons. The van der Waals surface area contributed by atoms with Crippen molar-refractivity contribution in [2.24, 2.45) is 5.92 Å². The maximum absolute atomic E-state index is 10.4. The first-order valence-corrected chi connectivity index (χ1v) is 3.36. The van der Waals surface area contributed by atoms with Crippen molar-refractivity contribution in [1.29, 1.82) is 0 Å². The summed E-state index contributed by atoms with van der Waals surface area (Å²) in [5.41, 5.74) is 0. The monoisotopic (exact) mass is 132 g/mol. The minimum Gasteiger partial charge on any atom is -0.287 e. The van der Waals surface area contributed by atoms with E-state index in [4.69, 9.17) is 0 Å². The number of carbonyl (C=O) groups is 1. The molecule has 0 spiro atoms. The minimum absolute atomic E-state index is 0.00634. The van der Waals surface area contributed by atoms with Gasteiger partial charge in [-0.25, -0.2) is 0 Å². The van der Waals surface area contributed by atoms with Crippen LogP contribution < -0.4 is 0 Å². The maximum atomic E-state index is 10.4. The topological polar surface area (TPSA) is 17.1 Å². The highest BCUT2D eigenvalue weighted by Crippen LogP contribution is 2.07. The lowest BCUT2D eigenvalue weighted by molar-refractivity contribution is -0.113. The molecule has 0 fully saturated rings. The lowest BCUT2D eigenvalue weighted by atomic mass is 10.1. The van der Waals surface area contributed by atoms with Gasteiger partial charge in [0.1, 0.15) is 0 Å². The third-order valence-electron chi connectivity index (χ3n) is 1.14. The number of thiol groups is 1. The van der Waals surface area contributed by atoms with Crippen molar-refractivity contribution in [3.05, 3.63) is 0 Å². The van der Waals surface area contributed by atoms with E-state index in [9.17, 15) is 4.79 Å². The Kier molecular flexibility index (Phi) is 3.97. The second-order valence-corrected chi connectivity index (χ2v) is 2.47. The molecule has 0 heterocycles. The van der Waals surface area contributed by atoms with E-state index >= 15 is 0 Å². The van der Waals surface area contributed by atoms with E-state index in [1.807, 2.05) is 6.92 Å². The minimum atomic E-state index is 0.00634. The fraction of sp³-hybridized carbons (Fsp3) is 0.833. The molecule has 1 atom stereocenters. The molecule has 0 saturated carbocycles. The summed E-state index contributed by atoms with van der Waals surface area (Å²) in [6, 6.07) is 0. The van der Waals surface area contributed by atoms with E-state index in [-0.39, 0.29) is 11.0 Å². The van der Waals surface area contributed by atoms with E-state index in [1.165, 1.54) is 0 Å². The van der Waals surface area contributed by atoms with Crippen LogP contribution in [0.4, 0.5) is 0 Å². The fourth-order valence-electron chi connectivity index (χ4n) is 0.556. The number of hydrogen-bond donors (Lipinski definition) is 1. The summed E-state index contributed by atoms with van der Waals surface area (Å²) >= 11 is 3.69. The van der Waals surface area contributed by atoms with Gasteiger partial charge in [0.2, 0.25) is 0 Å². The molecule has 0 aromatic carbocycles. The molecule has 1 nitrogen and oxygen atoms in total. The predicted octanol–water partition coefficient (Wildman–Crippen LogP) is 1.88. The van der Waals surface area contributed by atoms with E-state index in [2.05, 4.69) is 19.6 Å². The van der Waals surface area contributed by atoms with Gasteiger partial charge in [-0.1, -0.05) is 20.3 Å². The molecule has 0 aliphatic heterocycles. The number of hydrogen-bond acceptors (Lipinski definition) is 1. The molecule has 0 radical (unpaired) electrons. The van der Waals surface area contributed by atoms with Crippen LogP contribution in [0.15, 0.2) is 0 Å². The number of rotatable bonds is 3. The summed E-state index contributed by atoms with van der Waals surface area (Å²) < 4.78 is 0. The van der Waals surface area contributed by atoms with Gasteiger partial charge >= 0.3 is 0 Å². The first-order valence-electron chi connectivity index (χ1n) is 2.91. The predicted molar refractivity (Wildman–Crippen MR) is 38.1 cm³/mol. The summed E-state index contributed by atoms with van der Waals surface area (Å²) in [7, 11) is 0. The van der Waals surface area contributed by atoms with Crippen LogP contribution in [0.25, 0.3) is 0 Å². The molecular formula is C6H12OS. The van der Waals surface area contributed by atoms with Crippen molar-refractivity contribution >= 4 is 17.7 Å². The van der Waals surface area contributed by atoms with E-state index in [0.29, 0.717) is 0 Å². The zero-order valence-electron chi connectivity index (χ0n) is 5.35. The van der Waals surface area contributed by atoms with Gasteiger partial charge in [-0.3, -0.25) is 4.79 Å². The van der Waals surface area contributed by atoms with Crippen molar-refractivity contribution in [2.75, 3.05) is 0 Å². The van der Waals surface area contributed by atoms with Crippen molar-refractivity contribution in [1.82, 2.24) is 0 Å². The molecule has 0 bridgehead atoms. The molecule has 0 aromatic heterocycles. The van der Waals surface area contributed by atoms with E-state index < -0.39 is 0 Å². The molecule has 0 aliphatic carbocycles. The summed E-state index contributed by atoms with van der Waals surface area (Å²) in [6.45, 7) is 3.96. The maximum Gasteiger partial charge on any atom is 0.188 e. The van der Waals surface area contributed by atoms with E-state index in [1.54, 1.807) is 0 Å². The Morgan fingerprint density at radius 3 is 2.38 bits per heavy atom. The third kappa shape index (κ3) is 3.08. The molecule has 0 amide bonds. The van der Waals surface area contributed by atoms with Gasteiger partial charge in [-0.15, -0.1) is 12.6 Å². The Balaban J connectivity index is 3.32.